The lowest BCUT2D eigenvalue weighted by atomic mass is 9.98. The summed E-state index contributed by atoms with van der Waals surface area (Å²) in [6.45, 7) is 0.126. The van der Waals surface area contributed by atoms with Gasteiger partial charge in [-0.05, 0) is 51.1 Å². The van der Waals surface area contributed by atoms with Crippen LogP contribution in [0.5, 0.6) is 0 Å². The van der Waals surface area contributed by atoms with Crippen LogP contribution in [0.2, 0.25) is 5.02 Å². The summed E-state index contributed by atoms with van der Waals surface area (Å²) in [5.74, 6) is -1.21. The van der Waals surface area contributed by atoms with E-state index < -0.39 is 18.1 Å². The number of hydrogen-bond acceptors (Lipinski definition) is 3. The van der Waals surface area contributed by atoms with Crippen LogP contribution in [-0.2, 0) is 16.0 Å². The molecule has 0 aromatic heterocycles. The highest BCUT2D eigenvalue weighted by Crippen LogP contribution is 2.44. The number of aliphatic carboxylic acids is 1. The molecule has 6 heteroatoms. The number of nitrogens with one attached hydrogen (secondary N) is 1. The number of benzene rings is 4. The van der Waals surface area contributed by atoms with Crippen LogP contribution in [0.3, 0.4) is 0 Å². The lowest BCUT2D eigenvalue weighted by Crippen LogP contribution is -2.42. The van der Waals surface area contributed by atoms with E-state index in [2.05, 4.69) is 17.4 Å². The molecule has 0 bridgehead atoms. The largest absolute Gasteiger partial charge is 0.480 e. The number of rotatable bonds is 7. The first-order valence-corrected chi connectivity index (χ1v) is 12.1. The van der Waals surface area contributed by atoms with E-state index in [4.69, 9.17) is 16.3 Å². The maximum atomic E-state index is 12.6. The molecule has 4 aromatic carbocycles. The van der Waals surface area contributed by atoms with Crippen molar-refractivity contribution in [2.24, 2.45) is 0 Å². The first kappa shape index (κ1) is 23.6. The third kappa shape index (κ3) is 4.97. The molecule has 0 fully saturated rings. The van der Waals surface area contributed by atoms with Crippen molar-refractivity contribution in [2.75, 3.05) is 6.61 Å². The Hall–Kier alpha value is -4.09. The van der Waals surface area contributed by atoms with Gasteiger partial charge in [0, 0.05) is 17.4 Å². The predicted molar refractivity (Wildman–Crippen MR) is 140 cm³/mol. The number of carboxylic acid groups (broad SMARTS) is 1. The van der Waals surface area contributed by atoms with Gasteiger partial charge in [0.05, 0.1) is 0 Å². The Labute approximate surface area is 214 Å². The quantitative estimate of drug-likeness (QED) is 0.304. The highest BCUT2D eigenvalue weighted by molar-refractivity contribution is 6.30. The molecule has 1 unspecified atom stereocenters. The summed E-state index contributed by atoms with van der Waals surface area (Å²) in [4.78, 5) is 24.5. The van der Waals surface area contributed by atoms with Gasteiger partial charge in [-0.25, -0.2) is 9.59 Å². The molecule has 4 aromatic rings. The van der Waals surface area contributed by atoms with Crippen LogP contribution < -0.4 is 5.32 Å². The second-order valence-corrected chi connectivity index (χ2v) is 9.21. The van der Waals surface area contributed by atoms with Gasteiger partial charge in [-0.1, -0.05) is 96.5 Å². The van der Waals surface area contributed by atoms with Gasteiger partial charge >= 0.3 is 12.1 Å². The van der Waals surface area contributed by atoms with E-state index in [1.54, 1.807) is 0 Å². The Morgan fingerprint density at radius 3 is 2.08 bits per heavy atom. The number of ether oxygens (including phenoxy) is 1. The van der Waals surface area contributed by atoms with Gasteiger partial charge < -0.3 is 15.2 Å². The monoisotopic (exact) mass is 497 g/mol. The second kappa shape index (κ2) is 10.3. The SMILES string of the molecule is O=C(NC(Cc1ccc(-c2cccc(Cl)c2)cc1)C(=O)O)OCC1c2ccccc2-c2ccccc21. The minimum Gasteiger partial charge on any atom is -0.480 e. The molecule has 1 amide bonds. The number of alkyl carbamates (subject to hydrolysis) is 1. The standard InChI is InChI=1S/C30H24ClNO4/c31-22-7-5-6-21(17-22)20-14-12-19(13-15-20)16-28(29(33)34)32-30(35)36-18-27-25-10-3-1-8-23(25)24-9-2-4-11-26(24)27/h1-15,17,27-28H,16,18H2,(H,32,35)(H,33,34). The zero-order valence-electron chi connectivity index (χ0n) is 19.4. The molecular weight excluding hydrogens is 474 g/mol. The highest BCUT2D eigenvalue weighted by atomic mass is 35.5. The van der Waals surface area contributed by atoms with E-state index in [9.17, 15) is 14.7 Å². The number of carboxylic acids is 1. The molecule has 1 aliphatic rings. The predicted octanol–water partition coefficient (Wildman–Crippen LogP) is 6.54. The van der Waals surface area contributed by atoms with Crippen LogP contribution in [0.1, 0.15) is 22.6 Å². The van der Waals surface area contributed by atoms with Crippen LogP contribution >= 0.6 is 11.6 Å². The molecule has 180 valence electrons. The van der Waals surface area contributed by atoms with E-state index in [0.717, 1.165) is 38.9 Å². The summed E-state index contributed by atoms with van der Waals surface area (Å²) in [6, 6.07) is 30.0. The van der Waals surface area contributed by atoms with Gasteiger partial charge in [-0.2, -0.15) is 0 Å². The van der Waals surface area contributed by atoms with Crippen LogP contribution in [0.4, 0.5) is 4.79 Å². The molecule has 0 saturated heterocycles. The minimum absolute atomic E-state index is 0.0922. The van der Waals surface area contributed by atoms with Crippen molar-refractivity contribution < 1.29 is 19.4 Å². The van der Waals surface area contributed by atoms with Crippen molar-refractivity contribution in [1.82, 2.24) is 5.32 Å². The second-order valence-electron chi connectivity index (χ2n) is 8.77. The number of carbonyl (C=O) groups excluding carboxylic acids is 1. The zero-order valence-corrected chi connectivity index (χ0v) is 20.1. The Kier molecular flexibility index (Phi) is 6.74. The van der Waals surface area contributed by atoms with E-state index in [1.165, 1.54) is 0 Å². The fourth-order valence-electron chi connectivity index (χ4n) is 4.72. The number of fused-ring (bicyclic) bond motifs is 3. The number of amides is 1. The van der Waals surface area contributed by atoms with Crippen molar-refractivity contribution in [3.63, 3.8) is 0 Å². The molecular formula is C30H24ClNO4. The van der Waals surface area contributed by atoms with Crippen molar-refractivity contribution in [2.45, 2.75) is 18.4 Å². The average molecular weight is 498 g/mol. The van der Waals surface area contributed by atoms with Gasteiger partial charge in [0.15, 0.2) is 0 Å². The summed E-state index contributed by atoms with van der Waals surface area (Å²) in [6.07, 6.45) is -0.616. The molecule has 0 spiro atoms. The Bertz CT molecular complexity index is 1370. The zero-order chi connectivity index (χ0) is 25.1. The summed E-state index contributed by atoms with van der Waals surface area (Å²) in [5.41, 5.74) is 7.19. The minimum atomic E-state index is -1.12. The van der Waals surface area contributed by atoms with Crippen molar-refractivity contribution in [1.29, 1.82) is 0 Å². The van der Waals surface area contributed by atoms with Gasteiger partial charge in [-0.3, -0.25) is 0 Å². The van der Waals surface area contributed by atoms with E-state index in [0.29, 0.717) is 5.02 Å². The van der Waals surface area contributed by atoms with Gasteiger partial charge in [0.2, 0.25) is 0 Å². The van der Waals surface area contributed by atoms with Gasteiger partial charge in [0.25, 0.3) is 0 Å². The summed E-state index contributed by atoms with van der Waals surface area (Å²) < 4.78 is 5.52. The first-order chi connectivity index (χ1) is 17.5. The Morgan fingerprint density at radius 1 is 0.833 bits per heavy atom. The molecule has 5 rings (SSSR count). The van der Waals surface area contributed by atoms with Gasteiger partial charge in [0.1, 0.15) is 12.6 Å². The molecule has 1 atom stereocenters. The van der Waals surface area contributed by atoms with Crippen LogP contribution in [0.25, 0.3) is 22.3 Å². The Morgan fingerprint density at radius 2 is 1.47 bits per heavy atom. The van der Waals surface area contributed by atoms with E-state index in [-0.39, 0.29) is 18.9 Å². The van der Waals surface area contributed by atoms with Gasteiger partial charge in [-0.15, -0.1) is 0 Å². The van der Waals surface area contributed by atoms with Crippen LogP contribution in [-0.4, -0.2) is 29.8 Å². The van der Waals surface area contributed by atoms with Crippen LogP contribution in [0.15, 0.2) is 97.1 Å². The van der Waals surface area contributed by atoms with Crippen molar-refractivity contribution in [3.8, 4) is 22.3 Å². The molecule has 36 heavy (non-hydrogen) atoms. The summed E-state index contributed by atoms with van der Waals surface area (Å²) in [7, 11) is 0. The average Bonchev–Trinajstić information content (AvgIpc) is 3.21. The molecule has 0 saturated carbocycles. The lowest BCUT2D eigenvalue weighted by Gasteiger charge is -2.17. The third-order valence-corrected chi connectivity index (χ3v) is 6.72. The summed E-state index contributed by atoms with van der Waals surface area (Å²) in [5, 5.41) is 12.9. The topological polar surface area (TPSA) is 75.6 Å². The third-order valence-electron chi connectivity index (χ3n) is 6.49. The highest BCUT2D eigenvalue weighted by Gasteiger charge is 2.29. The fourth-order valence-corrected chi connectivity index (χ4v) is 4.91. The van der Waals surface area contributed by atoms with E-state index in [1.807, 2.05) is 84.9 Å². The molecule has 0 aliphatic heterocycles. The first-order valence-electron chi connectivity index (χ1n) is 11.7. The number of halogens is 1. The maximum Gasteiger partial charge on any atom is 0.407 e. The Balaban J connectivity index is 1.23. The smallest absolute Gasteiger partial charge is 0.407 e. The maximum absolute atomic E-state index is 12.6. The molecule has 5 nitrogen and oxygen atoms in total. The normalized spacial score (nSPS) is 12.9. The molecule has 0 heterocycles. The van der Waals surface area contributed by atoms with Crippen molar-refractivity contribution in [3.05, 3.63) is 119 Å². The van der Waals surface area contributed by atoms with Crippen molar-refractivity contribution >= 4 is 23.7 Å². The summed E-state index contributed by atoms with van der Waals surface area (Å²) >= 11 is 6.08. The molecule has 0 radical (unpaired) electrons. The van der Waals surface area contributed by atoms with E-state index >= 15 is 0 Å². The fraction of sp³-hybridized carbons (Fsp3) is 0.133. The molecule has 2 N–H and O–H groups in total. The number of hydrogen-bond donors (Lipinski definition) is 2. The van der Waals surface area contributed by atoms with Crippen LogP contribution in [0, 0.1) is 0 Å². The lowest BCUT2D eigenvalue weighted by molar-refractivity contribution is -0.139. The molecule has 1 aliphatic carbocycles. The number of carbonyl (C=O) groups is 2.